The van der Waals surface area contributed by atoms with Crippen LogP contribution in [0.2, 0.25) is 0 Å². The van der Waals surface area contributed by atoms with Gasteiger partial charge in [0, 0.05) is 6.07 Å². The van der Waals surface area contributed by atoms with Gasteiger partial charge in [0.15, 0.2) is 0 Å². The first-order valence-electron chi connectivity index (χ1n) is 5.07. The van der Waals surface area contributed by atoms with Gasteiger partial charge in [0.05, 0.1) is 12.2 Å². The van der Waals surface area contributed by atoms with Crippen LogP contribution in [0.25, 0.3) is 0 Å². The third kappa shape index (κ3) is 2.31. The first-order chi connectivity index (χ1) is 7.77. The van der Waals surface area contributed by atoms with Gasteiger partial charge in [-0.3, -0.25) is 4.79 Å². The monoisotopic (exact) mass is 216 g/mol. The number of hydrogen-bond acceptors (Lipinski definition) is 3. The van der Waals surface area contributed by atoms with E-state index in [1.807, 2.05) is 30.3 Å². The minimum atomic E-state index is -0.318. The van der Waals surface area contributed by atoms with Crippen LogP contribution in [0.5, 0.6) is 5.95 Å². The van der Waals surface area contributed by atoms with Crippen molar-refractivity contribution in [2.45, 2.75) is 12.8 Å². The maximum absolute atomic E-state index is 11.7. The van der Waals surface area contributed by atoms with Crippen molar-refractivity contribution in [1.29, 1.82) is 0 Å². The molecule has 0 amide bonds. The Balaban J connectivity index is 2.05. The van der Waals surface area contributed by atoms with Crippen LogP contribution in [-0.2, 0) is 4.79 Å². The molecule has 1 aromatic carbocycles. The second kappa shape index (κ2) is 4.66. The van der Waals surface area contributed by atoms with Gasteiger partial charge >= 0.3 is 5.97 Å². The Morgan fingerprint density at radius 1 is 1.19 bits per heavy atom. The molecule has 1 aromatic heterocycles. The van der Waals surface area contributed by atoms with Gasteiger partial charge in [-0.05, 0) is 18.6 Å². The number of furan rings is 1. The van der Waals surface area contributed by atoms with E-state index in [0.717, 1.165) is 5.56 Å². The highest BCUT2D eigenvalue weighted by molar-refractivity contribution is 5.79. The van der Waals surface area contributed by atoms with Crippen molar-refractivity contribution in [3.63, 3.8) is 0 Å². The summed E-state index contributed by atoms with van der Waals surface area (Å²) in [6.45, 7) is 1.81. The Labute approximate surface area is 93.7 Å². The number of carbonyl (C=O) groups excluding carboxylic acids is 1. The largest absolute Gasteiger partial charge is 0.434 e. The summed E-state index contributed by atoms with van der Waals surface area (Å²) in [6.07, 6.45) is 1.47. The Hall–Kier alpha value is -2.03. The summed E-state index contributed by atoms with van der Waals surface area (Å²) in [5.74, 6) is -0.389. The van der Waals surface area contributed by atoms with Crippen LogP contribution in [-0.4, -0.2) is 5.97 Å². The Morgan fingerprint density at radius 2 is 1.94 bits per heavy atom. The van der Waals surface area contributed by atoms with Crippen LogP contribution >= 0.6 is 0 Å². The molecule has 0 aliphatic carbocycles. The number of benzene rings is 1. The normalized spacial score (nSPS) is 12.1. The van der Waals surface area contributed by atoms with E-state index in [-0.39, 0.29) is 17.8 Å². The molecule has 16 heavy (non-hydrogen) atoms. The van der Waals surface area contributed by atoms with Gasteiger partial charge < -0.3 is 9.15 Å². The molecule has 1 heterocycles. The molecule has 1 atom stereocenters. The first-order valence-corrected chi connectivity index (χ1v) is 5.07. The molecule has 82 valence electrons. The molecule has 3 heteroatoms. The van der Waals surface area contributed by atoms with Gasteiger partial charge in [-0.15, -0.1) is 0 Å². The first kappa shape index (κ1) is 10.5. The van der Waals surface area contributed by atoms with E-state index in [9.17, 15) is 4.79 Å². The Bertz CT molecular complexity index is 445. The van der Waals surface area contributed by atoms with Crippen molar-refractivity contribution in [1.82, 2.24) is 0 Å². The lowest BCUT2D eigenvalue weighted by molar-refractivity contribution is -0.136. The molecule has 2 rings (SSSR count). The molecule has 0 fully saturated rings. The second-order valence-electron chi connectivity index (χ2n) is 3.49. The molecule has 1 unspecified atom stereocenters. The van der Waals surface area contributed by atoms with Crippen molar-refractivity contribution in [3.8, 4) is 5.95 Å². The van der Waals surface area contributed by atoms with E-state index in [0.29, 0.717) is 0 Å². The lowest BCUT2D eigenvalue weighted by Gasteiger charge is -2.09. The molecule has 0 spiro atoms. The zero-order chi connectivity index (χ0) is 11.4. The quantitative estimate of drug-likeness (QED) is 0.740. The predicted molar refractivity (Wildman–Crippen MR) is 59.2 cm³/mol. The van der Waals surface area contributed by atoms with Crippen LogP contribution in [0, 0.1) is 0 Å². The van der Waals surface area contributed by atoms with Crippen molar-refractivity contribution in [3.05, 3.63) is 54.3 Å². The van der Waals surface area contributed by atoms with Gasteiger partial charge in [0.2, 0.25) is 0 Å². The number of ether oxygens (including phenoxy) is 1. The van der Waals surface area contributed by atoms with Gasteiger partial charge in [-0.2, -0.15) is 0 Å². The van der Waals surface area contributed by atoms with Crippen molar-refractivity contribution < 1.29 is 13.9 Å². The van der Waals surface area contributed by atoms with Gasteiger partial charge in [-0.1, -0.05) is 30.3 Å². The molecule has 0 aliphatic heterocycles. The molecule has 0 saturated carbocycles. The van der Waals surface area contributed by atoms with Gasteiger partial charge in [-0.25, -0.2) is 0 Å². The van der Waals surface area contributed by atoms with Crippen LogP contribution in [0.15, 0.2) is 53.1 Å². The topological polar surface area (TPSA) is 39.4 Å². The molecule has 0 radical (unpaired) electrons. The van der Waals surface area contributed by atoms with Crippen LogP contribution in [0.1, 0.15) is 18.4 Å². The Kier molecular flexibility index (Phi) is 3.05. The van der Waals surface area contributed by atoms with Crippen LogP contribution in [0.3, 0.4) is 0 Å². The molecule has 0 aliphatic rings. The summed E-state index contributed by atoms with van der Waals surface area (Å²) in [7, 11) is 0. The fraction of sp³-hybridized carbons (Fsp3) is 0.154. The summed E-state index contributed by atoms with van der Waals surface area (Å²) in [6, 6.07) is 12.8. The summed E-state index contributed by atoms with van der Waals surface area (Å²) in [5, 5.41) is 0. The summed E-state index contributed by atoms with van der Waals surface area (Å²) in [4.78, 5) is 11.7. The number of esters is 1. The van der Waals surface area contributed by atoms with E-state index < -0.39 is 0 Å². The minimum Gasteiger partial charge on any atom is -0.434 e. The lowest BCUT2D eigenvalue weighted by atomic mass is 10.0. The van der Waals surface area contributed by atoms with Crippen molar-refractivity contribution >= 4 is 5.97 Å². The highest BCUT2D eigenvalue weighted by atomic mass is 16.6. The maximum atomic E-state index is 11.7. The third-order valence-corrected chi connectivity index (χ3v) is 2.35. The molecule has 3 nitrogen and oxygen atoms in total. The zero-order valence-electron chi connectivity index (χ0n) is 8.92. The zero-order valence-corrected chi connectivity index (χ0v) is 8.92. The number of hydrogen-bond donors (Lipinski definition) is 0. The van der Waals surface area contributed by atoms with E-state index in [4.69, 9.17) is 9.15 Å². The average Bonchev–Trinajstić information content (AvgIpc) is 2.82. The maximum Gasteiger partial charge on any atom is 0.320 e. The number of rotatable bonds is 3. The Morgan fingerprint density at radius 3 is 2.56 bits per heavy atom. The molecule has 2 aromatic rings. The smallest absolute Gasteiger partial charge is 0.320 e. The fourth-order valence-electron chi connectivity index (χ4n) is 1.39. The minimum absolute atomic E-state index is 0.229. The fourth-order valence-corrected chi connectivity index (χ4v) is 1.39. The molecular formula is C13H12O3. The van der Waals surface area contributed by atoms with E-state index in [2.05, 4.69) is 0 Å². The van der Waals surface area contributed by atoms with Crippen LogP contribution in [0.4, 0.5) is 0 Å². The second-order valence-corrected chi connectivity index (χ2v) is 3.49. The molecule has 0 saturated heterocycles. The lowest BCUT2D eigenvalue weighted by Crippen LogP contribution is -2.15. The summed E-state index contributed by atoms with van der Waals surface area (Å²) < 4.78 is 10.0. The highest BCUT2D eigenvalue weighted by Crippen LogP contribution is 2.19. The SMILES string of the molecule is CC(C(=O)Oc1ccco1)c1ccccc1. The van der Waals surface area contributed by atoms with E-state index in [1.165, 1.54) is 6.26 Å². The third-order valence-electron chi connectivity index (χ3n) is 2.35. The van der Waals surface area contributed by atoms with Gasteiger partial charge in [0.1, 0.15) is 0 Å². The molecule has 0 N–H and O–H groups in total. The standard InChI is InChI=1S/C13H12O3/c1-10(11-6-3-2-4-7-11)13(14)16-12-8-5-9-15-12/h2-10H,1H3. The molecule has 0 bridgehead atoms. The summed E-state index contributed by atoms with van der Waals surface area (Å²) >= 11 is 0. The van der Waals surface area contributed by atoms with Crippen molar-refractivity contribution in [2.75, 3.05) is 0 Å². The number of carbonyl (C=O) groups is 1. The average molecular weight is 216 g/mol. The predicted octanol–water partition coefficient (Wildman–Crippen LogP) is 2.99. The van der Waals surface area contributed by atoms with Crippen LogP contribution < -0.4 is 4.74 Å². The highest BCUT2D eigenvalue weighted by Gasteiger charge is 2.17. The van der Waals surface area contributed by atoms with E-state index >= 15 is 0 Å². The molecular weight excluding hydrogens is 204 g/mol. The van der Waals surface area contributed by atoms with E-state index in [1.54, 1.807) is 19.1 Å². The van der Waals surface area contributed by atoms with Gasteiger partial charge in [0.25, 0.3) is 5.95 Å². The summed E-state index contributed by atoms with van der Waals surface area (Å²) in [5.41, 5.74) is 0.930. The van der Waals surface area contributed by atoms with Crippen molar-refractivity contribution in [2.24, 2.45) is 0 Å².